The number of rotatable bonds is 6. The molecule has 1 rings (SSSR count). The lowest BCUT2D eigenvalue weighted by Crippen LogP contribution is -2.30. The lowest BCUT2D eigenvalue weighted by molar-refractivity contribution is 0.0950. The van der Waals surface area contributed by atoms with E-state index in [-0.39, 0.29) is 5.78 Å². The number of carbonyl (C=O) groups excluding carboxylic acids is 1. The molecule has 0 saturated carbocycles. The Morgan fingerprint density at radius 2 is 2.18 bits per heavy atom. The molecule has 0 aliphatic heterocycles. The topological polar surface area (TPSA) is 52.3 Å². The SMILES string of the molecule is COCCCC(N)C(=O)c1cc(C)cc(F)c1. The number of hydrogen-bond acceptors (Lipinski definition) is 3. The Labute approximate surface area is 101 Å². The van der Waals surface area contributed by atoms with Crippen LogP contribution in [0.2, 0.25) is 0 Å². The zero-order valence-corrected chi connectivity index (χ0v) is 10.2. The first-order valence-corrected chi connectivity index (χ1v) is 5.60. The van der Waals surface area contributed by atoms with Crippen LogP contribution in [0.1, 0.15) is 28.8 Å². The molecule has 94 valence electrons. The number of Topliss-reactive ketones (excluding diaryl/α,β-unsaturated/α-hetero) is 1. The van der Waals surface area contributed by atoms with Crippen LogP contribution in [0, 0.1) is 12.7 Å². The molecule has 0 fully saturated rings. The van der Waals surface area contributed by atoms with Crippen molar-refractivity contribution < 1.29 is 13.9 Å². The van der Waals surface area contributed by atoms with Crippen molar-refractivity contribution in [3.05, 3.63) is 35.1 Å². The second-order valence-corrected chi connectivity index (χ2v) is 4.12. The van der Waals surface area contributed by atoms with E-state index in [1.54, 1.807) is 20.1 Å². The summed E-state index contributed by atoms with van der Waals surface area (Å²) < 4.78 is 18.0. The van der Waals surface area contributed by atoms with Gasteiger partial charge < -0.3 is 10.5 Å². The molecular formula is C13H18FNO2. The number of aryl methyl sites for hydroxylation is 1. The molecule has 0 bridgehead atoms. The van der Waals surface area contributed by atoms with Gasteiger partial charge in [0.1, 0.15) is 5.82 Å². The number of methoxy groups -OCH3 is 1. The summed E-state index contributed by atoms with van der Waals surface area (Å²) in [4.78, 5) is 11.9. The molecule has 1 unspecified atom stereocenters. The van der Waals surface area contributed by atoms with Crippen molar-refractivity contribution in [2.75, 3.05) is 13.7 Å². The molecule has 0 radical (unpaired) electrons. The van der Waals surface area contributed by atoms with Crippen molar-refractivity contribution in [2.45, 2.75) is 25.8 Å². The normalized spacial score (nSPS) is 12.5. The predicted molar refractivity (Wildman–Crippen MR) is 64.6 cm³/mol. The molecule has 4 heteroatoms. The summed E-state index contributed by atoms with van der Waals surface area (Å²) >= 11 is 0. The Bertz CT molecular complexity index is 373. The largest absolute Gasteiger partial charge is 0.385 e. The summed E-state index contributed by atoms with van der Waals surface area (Å²) in [5, 5.41) is 0. The summed E-state index contributed by atoms with van der Waals surface area (Å²) in [6, 6.07) is 3.67. The van der Waals surface area contributed by atoms with Crippen molar-refractivity contribution in [1.82, 2.24) is 0 Å². The lowest BCUT2D eigenvalue weighted by Gasteiger charge is -2.10. The first-order chi connectivity index (χ1) is 8.04. The van der Waals surface area contributed by atoms with Gasteiger partial charge in [-0.25, -0.2) is 4.39 Å². The van der Waals surface area contributed by atoms with Gasteiger partial charge in [-0.15, -0.1) is 0 Å². The first kappa shape index (κ1) is 13.8. The maximum absolute atomic E-state index is 13.1. The van der Waals surface area contributed by atoms with Gasteiger partial charge in [0.2, 0.25) is 0 Å². The van der Waals surface area contributed by atoms with E-state index < -0.39 is 11.9 Å². The van der Waals surface area contributed by atoms with Crippen LogP contribution < -0.4 is 5.73 Å². The first-order valence-electron chi connectivity index (χ1n) is 5.60. The predicted octanol–water partition coefficient (Wildman–Crippen LogP) is 2.07. The van der Waals surface area contributed by atoms with Crippen molar-refractivity contribution >= 4 is 5.78 Å². The quantitative estimate of drug-likeness (QED) is 0.610. The van der Waals surface area contributed by atoms with Gasteiger partial charge in [-0.1, -0.05) is 0 Å². The Morgan fingerprint density at radius 1 is 1.47 bits per heavy atom. The zero-order chi connectivity index (χ0) is 12.8. The van der Waals surface area contributed by atoms with Crippen molar-refractivity contribution in [1.29, 1.82) is 0 Å². The van der Waals surface area contributed by atoms with Crippen molar-refractivity contribution in [3.8, 4) is 0 Å². The van der Waals surface area contributed by atoms with Crippen molar-refractivity contribution in [3.63, 3.8) is 0 Å². The number of halogens is 1. The highest BCUT2D eigenvalue weighted by Gasteiger charge is 2.16. The number of nitrogens with two attached hydrogens (primary N) is 1. The molecule has 0 aliphatic rings. The lowest BCUT2D eigenvalue weighted by atomic mass is 9.99. The summed E-state index contributed by atoms with van der Waals surface area (Å²) in [5.41, 5.74) is 6.82. The highest BCUT2D eigenvalue weighted by Crippen LogP contribution is 2.11. The molecule has 0 aromatic heterocycles. The molecule has 0 spiro atoms. The second-order valence-electron chi connectivity index (χ2n) is 4.12. The van der Waals surface area contributed by atoms with Crippen LogP contribution in [0.15, 0.2) is 18.2 Å². The Balaban J connectivity index is 2.68. The minimum atomic E-state index is -0.591. The molecule has 2 N–H and O–H groups in total. The molecule has 1 aromatic rings. The fraction of sp³-hybridized carbons (Fsp3) is 0.462. The smallest absolute Gasteiger partial charge is 0.179 e. The monoisotopic (exact) mass is 239 g/mol. The molecule has 3 nitrogen and oxygen atoms in total. The fourth-order valence-electron chi connectivity index (χ4n) is 1.67. The van der Waals surface area contributed by atoms with E-state index in [0.29, 0.717) is 18.6 Å². The van der Waals surface area contributed by atoms with Crippen LogP contribution >= 0.6 is 0 Å². The van der Waals surface area contributed by atoms with Gasteiger partial charge in [-0.3, -0.25) is 4.79 Å². The van der Waals surface area contributed by atoms with Crippen LogP contribution in [-0.4, -0.2) is 25.5 Å². The number of ether oxygens (including phenoxy) is 1. The van der Waals surface area contributed by atoms with E-state index in [0.717, 1.165) is 12.0 Å². The van der Waals surface area contributed by atoms with Crippen LogP contribution in [0.3, 0.4) is 0 Å². The van der Waals surface area contributed by atoms with Gasteiger partial charge in [0.25, 0.3) is 0 Å². The molecule has 0 aliphatic carbocycles. The molecule has 0 heterocycles. The van der Waals surface area contributed by atoms with E-state index in [1.165, 1.54) is 12.1 Å². The third-order valence-electron chi connectivity index (χ3n) is 2.53. The van der Waals surface area contributed by atoms with E-state index >= 15 is 0 Å². The van der Waals surface area contributed by atoms with Crippen LogP contribution in [0.5, 0.6) is 0 Å². The number of benzene rings is 1. The zero-order valence-electron chi connectivity index (χ0n) is 10.2. The molecule has 17 heavy (non-hydrogen) atoms. The summed E-state index contributed by atoms with van der Waals surface area (Å²) in [7, 11) is 1.60. The average Bonchev–Trinajstić information content (AvgIpc) is 2.27. The van der Waals surface area contributed by atoms with Crippen LogP contribution in [-0.2, 0) is 4.74 Å². The Morgan fingerprint density at radius 3 is 2.76 bits per heavy atom. The molecule has 0 saturated heterocycles. The molecule has 0 amide bonds. The van der Waals surface area contributed by atoms with Gasteiger partial charge in [0.05, 0.1) is 6.04 Å². The van der Waals surface area contributed by atoms with Crippen molar-refractivity contribution in [2.24, 2.45) is 5.73 Å². The molecule has 1 aromatic carbocycles. The minimum absolute atomic E-state index is 0.219. The second kappa shape index (κ2) is 6.47. The third-order valence-corrected chi connectivity index (χ3v) is 2.53. The maximum atomic E-state index is 13.1. The van der Waals surface area contributed by atoms with E-state index in [9.17, 15) is 9.18 Å². The van der Waals surface area contributed by atoms with Crippen LogP contribution in [0.4, 0.5) is 4.39 Å². The fourth-order valence-corrected chi connectivity index (χ4v) is 1.67. The third kappa shape index (κ3) is 4.24. The number of carbonyl (C=O) groups is 1. The van der Waals surface area contributed by atoms with Gasteiger partial charge in [-0.2, -0.15) is 0 Å². The van der Waals surface area contributed by atoms with Gasteiger partial charge >= 0.3 is 0 Å². The van der Waals surface area contributed by atoms with Crippen LogP contribution in [0.25, 0.3) is 0 Å². The Kier molecular flexibility index (Phi) is 5.25. The van der Waals surface area contributed by atoms with E-state index in [4.69, 9.17) is 10.5 Å². The summed E-state index contributed by atoms with van der Waals surface area (Å²) in [6.07, 6.45) is 1.26. The van der Waals surface area contributed by atoms with Gasteiger partial charge in [-0.05, 0) is 43.5 Å². The number of hydrogen-bond donors (Lipinski definition) is 1. The molecule has 1 atom stereocenters. The highest BCUT2D eigenvalue weighted by molar-refractivity contribution is 6.00. The standard InChI is InChI=1S/C13H18FNO2/c1-9-6-10(8-11(14)7-9)13(16)12(15)4-3-5-17-2/h6-8,12H,3-5,15H2,1-2H3. The number of ketones is 1. The highest BCUT2D eigenvalue weighted by atomic mass is 19.1. The van der Waals surface area contributed by atoms with E-state index in [1.807, 2.05) is 0 Å². The van der Waals surface area contributed by atoms with Gasteiger partial charge in [0.15, 0.2) is 5.78 Å². The van der Waals surface area contributed by atoms with Gasteiger partial charge in [0, 0.05) is 19.3 Å². The average molecular weight is 239 g/mol. The summed E-state index contributed by atoms with van der Waals surface area (Å²) in [5.74, 6) is -0.624. The summed E-state index contributed by atoms with van der Waals surface area (Å²) in [6.45, 7) is 2.32. The Hall–Kier alpha value is -1.26. The minimum Gasteiger partial charge on any atom is -0.385 e. The maximum Gasteiger partial charge on any atom is 0.179 e. The van der Waals surface area contributed by atoms with E-state index in [2.05, 4.69) is 0 Å². The molecular weight excluding hydrogens is 221 g/mol.